The number of nitriles is 1. The molecule has 0 fully saturated rings. The lowest BCUT2D eigenvalue weighted by atomic mass is 9.87. The van der Waals surface area contributed by atoms with E-state index >= 15 is 0 Å². The molecule has 0 aliphatic rings. The van der Waals surface area contributed by atoms with Crippen LogP contribution >= 0.6 is 11.8 Å². The number of benzene rings is 1. The van der Waals surface area contributed by atoms with Gasteiger partial charge in [-0.15, -0.1) is 10.2 Å². The third kappa shape index (κ3) is 4.84. The first-order valence-electron chi connectivity index (χ1n) is 9.14. The fourth-order valence-electron chi connectivity index (χ4n) is 2.45. The second-order valence-electron chi connectivity index (χ2n) is 8.31. The molecule has 28 heavy (non-hydrogen) atoms. The van der Waals surface area contributed by atoms with Gasteiger partial charge in [-0.05, 0) is 23.8 Å². The predicted octanol–water partition coefficient (Wildman–Crippen LogP) is 3.10. The van der Waals surface area contributed by atoms with E-state index in [1.165, 1.54) is 22.0 Å². The van der Waals surface area contributed by atoms with Crippen LogP contribution in [0.25, 0.3) is 11.4 Å². The molecule has 1 aromatic carbocycles. The summed E-state index contributed by atoms with van der Waals surface area (Å²) >= 11 is 1.18. The van der Waals surface area contributed by atoms with E-state index in [0.29, 0.717) is 11.0 Å². The molecule has 0 spiro atoms. The van der Waals surface area contributed by atoms with Gasteiger partial charge >= 0.3 is 0 Å². The van der Waals surface area contributed by atoms with Gasteiger partial charge in [0.05, 0.1) is 11.8 Å². The van der Waals surface area contributed by atoms with Crippen molar-refractivity contribution in [1.29, 1.82) is 5.26 Å². The monoisotopic (exact) mass is 400 g/mol. The highest BCUT2D eigenvalue weighted by molar-refractivity contribution is 7.99. The van der Waals surface area contributed by atoms with E-state index in [9.17, 15) is 10.1 Å². The van der Waals surface area contributed by atoms with Crippen LogP contribution in [-0.2, 0) is 10.2 Å². The summed E-state index contributed by atoms with van der Waals surface area (Å²) in [6.45, 7) is 12.0. The maximum atomic E-state index is 12.2. The van der Waals surface area contributed by atoms with E-state index in [-0.39, 0.29) is 23.0 Å². The van der Waals surface area contributed by atoms with Crippen LogP contribution in [0.1, 0.15) is 47.1 Å². The Kier molecular flexibility index (Phi) is 6.40. The van der Waals surface area contributed by atoms with E-state index in [1.54, 1.807) is 6.92 Å². The summed E-state index contributed by atoms with van der Waals surface area (Å²) in [5, 5.41) is 20.8. The lowest BCUT2D eigenvalue weighted by molar-refractivity contribution is -0.120. The number of nitrogen functional groups attached to an aromatic ring is 1. The maximum absolute atomic E-state index is 12.2. The zero-order chi connectivity index (χ0) is 21.1. The van der Waals surface area contributed by atoms with Crippen LogP contribution in [0.3, 0.4) is 0 Å². The Morgan fingerprint density at radius 3 is 2.36 bits per heavy atom. The van der Waals surface area contributed by atoms with Crippen molar-refractivity contribution in [3.05, 3.63) is 29.8 Å². The van der Waals surface area contributed by atoms with Crippen molar-refractivity contribution in [2.45, 2.75) is 57.7 Å². The number of nitrogens with zero attached hydrogens (tertiary/aromatic N) is 4. The second kappa shape index (κ2) is 8.23. The summed E-state index contributed by atoms with van der Waals surface area (Å²) in [5.41, 5.74) is 1.23. The molecule has 1 unspecified atom stereocenters. The number of aromatic nitrogens is 3. The Balaban J connectivity index is 2.07. The van der Waals surface area contributed by atoms with Gasteiger partial charge in [-0.3, -0.25) is 4.79 Å². The first kappa shape index (κ1) is 21.8. The van der Waals surface area contributed by atoms with Gasteiger partial charge in [0.1, 0.15) is 5.54 Å². The summed E-state index contributed by atoms with van der Waals surface area (Å²) in [6, 6.07) is 10.2. The molecule has 2 aromatic rings. The van der Waals surface area contributed by atoms with Gasteiger partial charge in [-0.25, -0.2) is 4.68 Å². The molecule has 1 aromatic heterocycles. The Hall–Kier alpha value is -2.53. The first-order chi connectivity index (χ1) is 13.0. The molecular formula is C20H28N6OS. The molecule has 0 bridgehead atoms. The molecule has 0 aliphatic heterocycles. The molecule has 3 N–H and O–H groups in total. The minimum atomic E-state index is -0.909. The van der Waals surface area contributed by atoms with Crippen molar-refractivity contribution in [3.63, 3.8) is 0 Å². The quantitative estimate of drug-likeness (QED) is 0.569. The smallest absolute Gasteiger partial charge is 0.231 e. The SMILES string of the molecule is CC(C)C(C)(C#N)NC(=O)CSc1nnc(-c2ccc(C(C)(C)C)cc2)n1N. The standard InChI is InChI=1S/C20H28N6OS/c1-13(2)20(6,12-21)23-16(27)11-28-18-25-24-17(26(18)22)14-7-9-15(10-8-14)19(3,4)5/h7-10,13H,11,22H2,1-6H3,(H,23,27). The van der Waals surface area contributed by atoms with E-state index in [1.807, 2.05) is 26.0 Å². The van der Waals surface area contributed by atoms with Crippen molar-refractivity contribution < 1.29 is 4.79 Å². The second-order valence-corrected chi connectivity index (χ2v) is 9.25. The van der Waals surface area contributed by atoms with Crippen LogP contribution in [0.5, 0.6) is 0 Å². The summed E-state index contributed by atoms with van der Waals surface area (Å²) in [7, 11) is 0. The summed E-state index contributed by atoms with van der Waals surface area (Å²) < 4.78 is 1.38. The van der Waals surface area contributed by atoms with Crippen molar-refractivity contribution in [1.82, 2.24) is 20.2 Å². The van der Waals surface area contributed by atoms with Crippen molar-refractivity contribution in [3.8, 4) is 17.5 Å². The first-order valence-corrected chi connectivity index (χ1v) is 10.1. The average Bonchev–Trinajstić information content (AvgIpc) is 2.99. The number of thioether (sulfide) groups is 1. The highest BCUT2D eigenvalue weighted by Crippen LogP contribution is 2.26. The van der Waals surface area contributed by atoms with Gasteiger partial charge in [-0.1, -0.05) is 70.6 Å². The number of amides is 1. The number of hydrogen-bond acceptors (Lipinski definition) is 6. The minimum absolute atomic E-state index is 0.00714. The molecule has 0 aliphatic carbocycles. The summed E-state index contributed by atoms with van der Waals surface area (Å²) in [5.74, 6) is 6.51. The number of carbonyl (C=O) groups is 1. The van der Waals surface area contributed by atoms with E-state index in [2.05, 4.69) is 54.5 Å². The van der Waals surface area contributed by atoms with Crippen LogP contribution in [0, 0.1) is 17.2 Å². The molecule has 150 valence electrons. The third-order valence-electron chi connectivity index (χ3n) is 4.79. The van der Waals surface area contributed by atoms with E-state index in [0.717, 1.165) is 5.56 Å². The number of hydrogen-bond donors (Lipinski definition) is 2. The van der Waals surface area contributed by atoms with Gasteiger partial charge in [0.15, 0.2) is 5.82 Å². The molecule has 0 saturated heterocycles. The number of rotatable bonds is 6. The van der Waals surface area contributed by atoms with Crippen molar-refractivity contribution >= 4 is 17.7 Å². The maximum Gasteiger partial charge on any atom is 0.231 e. The van der Waals surface area contributed by atoms with E-state index in [4.69, 9.17) is 5.84 Å². The lowest BCUT2D eigenvalue weighted by Gasteiger charge is -2.27. The Morgan fingerprint density at radius 2 is 1.86 bits per heavy atom. The molecule has 8 heteroatoms. The number of nitrogens with two attached hydrogens (primary N) is 1. The Bertz CT molecular complexity index is 876. The number of nitrogens with one attached hydrogen (secondary N) is 1. The molecule has 1 atom stereocenters. The minimum Gasteiger partial charge on any atom is -0.337 e. The molecule has 1 heterocycles. The summed E-state index contributed by atoms with van der Waals surface area (Å²) in [4.78, 5) is 12.2. The zero-order valence-corrected chi connectivity index (χ0v) is 18.1. The lowest BCUT2D eigenvalue weighted by Crippen LogP contribution is -2.49. The highest BCUT2D eigenvalue weighted by Gasteiger charge is 2.30. The zero-order valence-electron chi connectivity index (χ0n) is 17.3. The van der Waals surface area contributed by atoms with Crippen molar-refractivity contribution in [2.75, 3.05) is 11.6 Å². The van der Waals surface area contributed by atoms with Crippen LogP contribution < -0.4 is 11.2 Å². The van der Waals surface area contributed by atoms with Gasteiger partial charge < -0.3 is 11.2 Å². The molecule has 7 nitrogen and oxygen atoms in total. The van der Waals surface area contributed by atoms with Crippen LogP contribution in [0.2, 0.25) is 0 Å². The highest BCUT2D eigenvalue weighted by atomic mass is 32.2. The molecule has 0 saturated carbocycles. The van der Waals surface area contributed by atoms with Gasteiger partial charge in [-0.2, -0.15) is 5.26 Å². The Labute approximate surface area is 170 Å². The van der Waals surface area contributed by atoms with Crippen LogP contribution in [-0.4, -0.2) is 32.1 Å². The molecule has 1 amide bonds. The third-order valence-corrected chi connectivity index (χ3v) is 5.74. The largest absolute Gasteiger partial charge is 0.337 e. The Morgan fingerprint density at radius 1 is 1.25 bits per heavy atom. The van der Waals surface area contributed by atoms with E-state index < -0.39 is 5.54 Å². The van der Waals surface area contributed by atoms with Crippen molar-refractivity contribution in [2.24, 2.45) is 5.92 Å². The predicted molar refractivity (Wildman–Crippen MR) is 112 cm³/mol. The van der Waals surface area contributed by atoms with Gasteiger partial charge in [0.25, 0.3) is 0 Å². The summed E-state index contributed by atoms with van der Waals surface area (Å²) in [6.07, 6.45) is 0. The van der Waals surface area contributed by atoms with Gasteiger partial charge in [0, 0.05) is 5.56 Å². The topological polar surface area (TPSA) is 110 Å². The normalized spacial score (nSPS) is 13.8. The fraction of sp³-hybridized carbons (Fsp3) is 0.500. The molecule has 0 radical (unpaired) electrons. The molecular weight excluding hydrogens is 372 g/mol. The van der Waals surface area contributed by atoms with Crippen LogP contribution in [0.15, 0.2) is 29.4 Å². The van der Waals surface area contributed by atoms with Gasteiger partial charge in [0.2, 0.25) is 11.1 Å². The number of carbonyl (C=O) groups excluding carboxylic acids is 1. The average molecular weight is 401 g/mol. The molecule has 2 rings (SSSR count). The fourth-order valence-corrected chi connectivity index (χ4v) is 3.11. The van der Waals surface area contributed by atoms with Crippen LogP contribution in [0.4, 0.5) is 0 Å².